The van der Waals surface area contributed by atoms with Gasteiger partial charge in [-0.05, 0) is 11.5 Å². The molecule has 7 heteroatoms. The van der Waals surface area contributed by atoms with Gasteiger partial charge in [-0.3, -0.25) is 9.59 Å². The number of nitrogen functional groups attached to an aromatic ring is 1. The number of nitrogens with two attached hydrogens (primary N) is 1. The summed E-state index contributed by atoms with van der Waals surface area (Å²) >= 11 is 0. The zero-order chi connectivity index (χ0) is 14.8. The van der Waals surface area contributed by atoms with Crippen LogP contribution in [0.1, 0.15) is 16.9 Å². The van der Waals surface area contributed by atoms with Gasteiger partial charge in [0.15, 0.2) is 0 Å². The highest BCUT2D eigenvalue weighted by Crippen LogP contribution is 2.21. The summed E-state index contributed by atoms with van der Waals surface area (Å²) in [6, 6.07) is 9.01. The number of hydrazine groups is 1. The van der Waals surface area contributed by atoms with Gasteiger partial charge >= 0.3 is 0 Å². The molecule has 108 valence electrons. The van der Waals surface area contributed by atoms with Crippen molar-refractivity contribution in [3.8, 4) is 0 Å². The Hall–Kier alpha value is -2.67. The molecule has 1 saturated heterocycles. The highest BCUT2D eigenvalue weighted by atomic mass is 16.2. The summed E-state index contributed by atoms with van der Waals surface area (Å²) in [6.07, 6.45) is 0.293. The molecule has 1 atom stereocenters. The van der Waals surface area contributed by atoms with E-state index < -0.39 is 0 Å². The third-order valence-corrected chi connectivity index (χ3v) is 3.42. The topological polar surface area (TPSA) is 109 Å². The Labute approximate surface area is 120 Å². The highest BCUT2D eigenvalue weighted by Gasteiger charge is 2.24. The number of carbonyl (C=O) groups is 2. The molecule has 1 aliphatic heterocycles. The van der Waals surface area contributed by atoms with E-state index in [0.29, 0.717) is 18.8 Å². The fourth-order valence-electron chi connectivity index (χ4n) is 2.39. The second kappa shape index (κ2) is 5.37. The average Bonchev–Trinajstić information content (AvgIpc) is 2.91. The van der Waals surface area contributed by atoms with Gasteiger partial charge in [-0.25, -0.2) is 10.8 Å². The second-order valence-electron chi connectivity index (χ2n) is 4.90. The number of rotatable bonds is 3. The Balaban J connectivity index is 1.89. The minimum absolute atomic E-state index is 0.0592. The Morgan fingerprint density at radius 2 is 2.19 bits per heavy atom. The molecule has 1 unspecified atom stereocenters. The fourth-order valence-corrected chi connectivity index (χ4v) is 2.39. The lowest BCUT2D eigenvalue weighted by molar-refractivity contribution is -0.119. The first kappa shape index (κ1) is 13.3. The van der Waals surface area contributed by atoms with Gasteiger partial charge in [-0.15, -0.1) is 0 Å². The van der Waals surface area contributed by atoms with Crippen molar-refractivity contribution < 1.29 is 9.59 Å². The van der Waals surface area contributed by atoms with Gasteiger partial charge in [0.25, 0.3) is 5.91 Å². The van der Waals surface area contributed by atoms with Crippen LogP contribution in [0.15, 0.2) is 30.3 Å². The number of pyridine rings is 1. The van der Waals surface area contributed by atoms with E-state index in [2.05, 4.69) is 21.0 Å². The van der Waals surface area contributed by atoms with Crippen molar-refractivity contribution in [2.75, 3.05) is 12.0 Å². The third-order valence-electron chi connectivity index (χ3n) is 3.42. The first-order chi connectivity index (χ1) is 10.2. The number of nitrogens with one attached hydrogen (secondary N) is 3. The zero-order valence-corrected chi connectivity index (χ0v) is 11.2. The molecular formula is C14H15N5O2. The number of hydrogen-bond acceptors (Lipinski definition) is 5. The Morgan fingerprint density at radius 1 is 1.38 bits per heavy atom. The highest BCUT2D eigenvalue weighted by molar-refractivity contribution is 6.00. The summed E-state index contributed by atoms with van der Waals surface area (Å²) < 4.78 is 0. The Morgan fingerprint density at radius 3 is 2.90 bits per heavy atom. The first-order valence-electron chi connectivity index (χ1n) is 6.61. The summed E-state index contributed by atoms with van der Waals surface area (Å²) in [7, 11) is 0. The lowest BCUT2D eigenvalue weighted by atomic mass is 10.1. The number of amides is 2. The number of fused-ring (bicyclic) bond motifs is 1. The van der Waals surface area contributed by atoms with Crippen LogP contribution in [-0.2, 0) is 4.79 Å². The molecule has 1 aromatic heterocycles. The molecule has 1 aliphatic rings. The van der Waals surface area contributed by atoms with Crippen molar-refractivity contribution in [1.82, 2.24) is 15.6 Å². The quantitative estimate of drug-likeness (QED) is 0.474. The maximum atomic E-state index is 12.2. The van der Waals surface area contributed by atoms with Gasteiger partial charge in [0.2, 0.25) is 5.91 Å². The summed E-state index contributed by atoms with van der Waals surface area (Å²) in [5, 5.41) is 7.17. The van der Waals surface area contributed by atoms with Gasteiger partial charge in [0.1, 0.15) is 11.5 Å². The largest absolute Gasteiger partial charge is 0.354 e. The van der Waals surface area contributed by atoms with Crippen LogP contribution in [0.25, 0.3) is 10.8 Å². The number of nitrogens with zero attached hydrogens (tertiary/aromatic N) is 1. The standard InChI is InChI=1S/C14H15N5O2/c15-19-13-10-4-2-1-3-8(10)5-11(18-13)14(21)17-9-6-12(20)16-7-9/h1-5,9H,6-7,15H2,(H,16,20)(H,17,21)(H,18,19). The predicted molar refractivity (Wildman–Crippen MR) is 78.4 cm³/mol. The first-order valence-corrected chi connectivity index (χ1v) is 6.61. The van der Waals surface area contributed by atoms with Crippen molar-refractivity contribution >= 4 is 28.4 Å². The molecule has 0 saturated carbocycles. The molecule has 0 aliphatic carbocycles. The molecular weight excluding hydrogens is 270 g/mol. The molecule has 5 N–H and O–H groups in total. The van der Waals surface area contributed by atoms with Crippen molar-refractivity contribution in [2.24, 2.45) is 5.84 Å². The van der Waals surface area contributed by atoms with Crippen LogP contribution in [0.3, 0.4) is 0 Å². The molecule has 2 aromatic rings. The predicted octanol–water partition coefficient (Wildman–Crippen LogP) is 0.139. The molecule has 2 amide bonds. The van der Waals surface area contributed by atoms with Crippen molar-refractivity contribution in [3.63, 3.8) is 0 Å². The van der Waals surface area contributed by atoms with E-state index in [4.69, 9.17) is 5.84 Å². The number of anilines is 1. The maximum Gasteiger partial charge on any atom is 0.270 e. The van der Waals surface area contributed by atoms with Crippen molar-refractivity contribution in [2.45, 2.75) is 12.5 Å². The Kier molecular flexibility index (Phi) is 3.41. The summed E-state index contributed by atoms with van der Waals surface area (Å²) in [5.74, 6) is 5.53. The van der Waals surface area contributed by atoms with Crippen LogP contribution in [-0.4, -0.2) is 29.4 Å². The summed E-state index contributed by atoms with van der Waals surface area (Å²) in [4.78, 5) is 27.6. The van der Waals surface area contributed by atoms with Crippen LogP contribution in [0.5, 0.6) is 0 Å². The minimum Gasteiger partial charge on any atom is -0.354 e. The maximum absolute atomic E-state index is 12.2. The van der Waals surface area contributed by atoms with Gasteiger partial charge in [-0.2, -0.15) is 0 Å². The molecule has 0 radical (unpaired) electrons. The lowest BCUT2D eigenvalue weighted by Crippen LogP contribution is -2.36. The van der Waals surface area contributed by atoms with E-state index in [1.807, 2.05) is 24.3 Å². The minimum atomic E-state index is -0.321. The monoisotopic (exact) mass is 285 g/mol. The average molecular weight is 285 g/mol. The van der Waals surface area contributed by atoms with Crippen molar-refractivity contribution in [1.29, 1.82) is 0 Å². The van der Waals surface area contributed by atoms with Crippen LogP contribution < -0.4 is 21.9 Å². The molecule has 2 heterocycles. The van der Waals surface area contributed by atoms with E-state index in [-0.39, 0.29) is 23.6 Å². The van der Waals surface area contributed by atoms with Gasteiger partial charge in [-0.1, -0.05) is 24.3 Å². The molecule has 3 rings (SSSR count). The van der Waals surface area contributed by atoms with E-state index in [0.717, 1.165) is 10.8 Å². The van der Waals surface area contributed by atoms with Gasteiger partial charge in [0.05, 0.1) is 6.04 Å². The van der Waals surface area contributed by atoms with Gasteiger partial charge < -0.3 is 16.1 Å². The third kappa shape index (κ3) is 2.63. The van der Waals surface area contributed by atoms with Crippen LogP contribution in [0.4, 0.5) is 5.82 Å². The Bertz CT molecular complexity index is 716. The van der Waals surface area contributed by atoms with Crippen LogP contribution in [0.2, 0.25) is 0 Å². The number of hydrogen-bond donors (Lipinski definition) is 4. The molecule has 1 aromatic carbocycles. The number of aromatic nitrogens is 1. The number of benzene rings is 1. The summed E-state index contributed by atoms with van der Waals surface area (Å²) in [5.41, 5.74) is 2.77. The van der Waals surface area contributed by atoms with Crippen LogP contribution >= 0.6 is 0 Å². The van der Waals surface area contributed by atoms with E-state index in [1.165, 1.54) is 0 Å². The summed E-state index contributed by atoms with van der Waals surface area (Å²) in [6.45, 7) is 0.445. The molecule has 21 heavy (non-hydrogen) atoms. The zero-order valence-electron chi connectivity index (χ0n) is 11.2. The lowest BCUT2D eigenvalue weighted by Gasteiger charge is -2.12. The SMILES string of the molecule is NNc1nc(C(=O)NC2CNC(=O)C2)cc2ccccc12. The number of carbonyl (C=O) groups excluding carboxylic acids is 2. The molecule has 0 spiro atoms. The van der Waals surface area contributed by atoms with Gasteiger partial charge in [0, 0.05) is 18.4 Å². The molecule has 7 nitrogen and oxygen atoms in total. The normalized spacial score (nSPS) is 17.6. The van der Waals surface area contributed by atoms with E-state index in [1.54, 1.807) is 6.07 Å². The van der Waals surface area contributed by atoms with Crippen molar-refractivity contribution in [3.05, 3.63) is 36.0 Å². The van der Waals surface area contributed by atoms with E-state index >= 15 is 0 Å². The van der Waals surface area contributed by atoms with E-state index in [9.17, 15) is 9.59 Å². The smallest absolute Gasteiger partial charge is 0.270 e. The van der Waals surface area contributed by atoms with Crippen LogP contribution in [0, 0.1) is 0 Å². The fraction of sp³-hybridized carbons (Fsp3) is 0.214. The second-order valence-corrected chi connectivity index (χ2v) is 4.90. The molecule has 1 fully saturated rings. The molecule has 0 bridgehead atoms.